The molecular formula is C12H22F3N3O2S. The molecule has 0 aliphatic carbocycles. The first-order chi connectivity index (χ1) is 9.60. The van der Waals surface area contributed by atoms with E-state index in [1.807, 2.05) is 0 Å². The fraction of sp³-hybridized carbons (Fsp3) is 0.917. The van der Waals surface area contributed by atoms with Crippen molar-refractivity contribution in [3.8, 4) is 0 Å². The number of carbonyl (C=O) groups is 1. The summed E-state index contributed by atoms with van der Waals surface area (Å²) in [5.41, 5.74) is 0. The molecule has 5 nitrogen and oxygen atoms in total. The van der Waals surface area contributed by atoms with Crippen molar-refractivity contribution < 1.29 is 22.2 Å². The number of hydrogen-bond acceptors (Lipinski definition) is 3. The van der Waals surface area contributed by atoms with E-state index in [-0.39, 0.29) is 37.0 Å². The minimum atomic E-state index is -4.22. The zero-order valence-electron chi connectivity index (χ0n) is 12.4. The minimum Gasteiger partial charge on any atom is -0.337 e. The van der Waals surface area contributed by atoms with Gasteiger partial charge < -0.3 is 10.2 Å². The second-order valence-corrected chi connectivity index (χ2v) is 7.18. The van der Waals surface area contributed by atoms with Crippen LogP contribution >= 0.6 is 0 Å². The van der Waals surface area contributed by atoms with Crippen LogP contribution in [-0.4, -0.2) is 76.5 Å². The Balaban J connectivity index is 2.43. The number of carbonyl (C=O) groups excluding carboxylic acids is 1. The maximum atomic E-state index is 12.4. The van der Waals surface area contributed by atoms with Crippen molar-refractivity contribution in [2.45, 2.75) is 31.3 Å². The molecule has 3 atom stereocenters. The minimum absolute atomic E-state index is 0.155. The Morgan fingerprint density at radius 2 is 2.05 bits per heavy atom. The third-order valence-corrected chi connectivity index (χ3v) is 4.84. The van der Waals surface area contributed by atoms with Crippen LogP contribution in [0.4, 0.5) is 18.0 Å². The van der Waals surface area contributed by atoms with E-state index in [2.05, 4.69) is 5.32 Å². The number of urea groups is 1. The Morgan fingerprint density at radius 1 is 1.43 bits per heavy atom. The molecule has 0 aromatic rings. The highest BCUT2D eigenvalue weighted by Gasteiger charge is 2.35. The second kappa shape index (κ2) is 7.44. The molecule has 1 rings (SSSR count). The fourth-order valence-electron chi connectivity index (χ4n) is 2.11. The fourth-order valence-corrected chi connectivity index (χ4v) is 2.42. The van der Waals surface area contributed by atoms with Crippen LogP contribution in [0.15, 0.2) is 0 Å². The summed E-state index contributed by atoms with van der Waals surface area (Å²) in [7, 11) is -1.02. The van der Waals surface area contributed by atoms with E-state index in [9.17, 15) is 22.2 Å². The Morgan fingerprint density at radius 3 is 2.52 bits per heavy atom. The number of nitrogens with zero attached hydrogens (tertiary/aromatic N) is 2. The topological polar surface area (TPSA) is 52.7 Å². The van der Waals surface area contributed by atoms with E-state index in [4.69, 9.17) is 0 Å². The molecule has 1 saturated heterocycles. The summed E-state index contributed by atoms with van der Waals surface area (Å²) in [5, 5.41) is 2.52. The number of rotatable bonds is 4. The van der Waals surface area contributed by atoms with Crippen molar-refractivity contribution in [3.63, 3.8) is 0 Å². The van der Waals surface area contributed by atoms with Gasteiger partial charge >= 0.3 is 12.2 Å². The molecule has 0 aromatic carbocycles. The molecule has 0 aromatic heterocycles. The zero-order valence-corrected chi connectivity index (χ0v) is 13.3. The third-order valence-electron chi connectivity index (χ3n) is 3.54. The van der Waals surface area contributed by atoms with Crippen LogP contribution < -0.4 is 5.32 Å². The Bertz CT molecular complexity index is 392. The van der Waals surface area contributed by atoms with E-state index in [0.29, 0.717) is 6.54 Å². The quantitative estimate of drug-likeness (QED) is 0.838. The molecule has 0 bridgehead atoms. The summed E-state index contributed by atoms with van der Waals surface area (Å²) in [5.74, 6) is 0. The van der Waals surface area contributed by atoms with Crippen LogP contribution in [0.25, 0.3) is 0 Å². The lowest BCUT2D eigenvalue weighted by molar-refractivity contribution is -0.153. The molecule has 0 spiro atoms. The van der Waals surface area contributed by atoms with E-state index in [1.165, 1.54) is 9.80 Å². The first-order valence-corrected chi connectivity index (χ1v) is 8.38. The molecule has 0 radical (unpaired) electrons. The number of piperazine rings is 1. The van der Waals surface area contributed by atoms with Gasteiger partial charge in [0.05, 0.1) is 6.54 Å². The highest BCUT2D eigenvalue weighted by Crippen LogP contribution is 2.20. The maximum Gasteiger partial charge on any atom is 0.401 e. The molecule has 3 unspecified atom stereocenters. The van der Waals surface area contributed by atoms with Crippen LogP contribution in [0, 0.1) is 0 Å². The lowest BCUT2D eigenvalue weighted by Gasteiger charge is -2.40. The summed E-state index contributed by atoms with van der Waals surface area (Å²) >= 11 is 0. The van der Waals surface area contributed by atoms with Gasteiger partial charge in [0.15, 0.2) is 0 Å². The molecule has 124 valence electrons. The van der Waals surface area contributed by atoms with E-state index in [1.54, 1.807) is 20.1 Å². The molecule has 9 heteroatoms. The predicted octanol–water partition coefficient (Wildman–Crippen LogP) is 1.03. The molecule has 1 heterocycles. The predicted molar refractivity (Wildman–Crippen MR) is 75.6 cm³/mol. The van der Waals surface area contributed by atoms with E-state index in [0.717, 1.165) is 0 Å². The van der Waals surface area contributed by atoms with Gasteiger partial charge in [0.1, 0.15) is 0 Å². The lowest BCUT2D eigenvalue weighted by atomic mass is 10.2. The van der Waals surface area contributed by atoms with Gasteiger partial charge in [-0.3, -0.25) is 9.11 Å². The molecule has 21 heavy (non-hydrogen) atoms. The van der Waals surface area contributed by atoms with Crippen LogP contribution in [0.1, 0.15) is 13.8 Å². The molecule has 2 amide bonds. The summed E-state index contributed by atoms with van der Waals surface area (Å²) in [6.45, 7) is 3.49. The zero-order chi connectivity index (χ0) is 16.2. The normalized spacial score (nSPS) is 23.7. The van der Waals surface area contributed by atoms with Gasteiger partial charge in [-0.05, 0) is 13.8 Å². The number of alkyl halides is 3. The molecule has 0 saturated carbocycles. The first-order valence-electron chi connectivity index (χ1n) is 6.76. The highest BCUT2D eigenvalue weighted by molar-refractivity contribution is 7.84. The lowest BCUT2D eigenvalue weighted by Crippen LogP contribution is -2.57. The Hall–Kier alpha value is -0.830. The van der Waals surface area contributed by atoms with Crippen molar-refractivity contribution in [1.82, 2.24) is 15.1 Å². The van der Waals surface area contributed by atoms with Crippen molar-refractivity contribution in [3.05, 3.63) is 0 Å². The van der Waals surface area contributed by atoms with Gasteiger partial charge in [0.25, 0.3) is 0 Å². The van der Waals surface area contributed by atoms with Gasteiger partial charge in [-0.25, -0.2) is 4.79 Å². The summed E-state index contributed by atoms with van der Waals surface area (Å²) in [6.07, 6.45) is -2.66. The highest BCUT2D eigenvalue weighted by atomic mass is 32.2. The number of halogens is 3. The maximum absolute atomic E-state index is 12.4. The van der Waals surface area contributed by atoms with Gasteiger partial charge in [-0.1, -0.05) is 0 Å². The summed E-state index contributed by atoms with van der Waals surface area (Å²) in [4.78, 5) is 14.8. The van der Waals surface area contributed by atoms with Crippen molar-refractivity contribution in [2.24, 2.45) is 0 Å². The Labute approximate surface area is 125 Å². The first kappa shape index (κ1) is 18.2. The summed E-state index contributed by atoms with van der Waals surface area (Å²) < 4.78 is 48.4. The molecule has 1 N–H and O–H groups in total. The van der Waals surface area contributed by atoms with Gasteiger partial charge in [0.2, 0.25) is 0 Å². The average molecular weight is 329 g/mol. The average Bonchev–Trinajstić information content (AvgIpc) is 2.36. The van der Waals surface area contributed by atoms with Crippen molar-refractivity contribution in [1.29, 1.82) is 0 Å². The van der Waals surface area contributed by atoms with Gasteiger partial charge in [-0.15, -0.1) is 0 Å². The molecular weight excluding hydrogens is 307 g/mol. The summed E-state index contributed by atoms with van der Waals surface area (Å²) in [6, 6.07) is -0.658. The smallest absolute Gasteiger partial charge is 0.337 e. The number of nitrogens with one attached hydrogen (secondary N) is 1. The van der Waals surface area contributed by atoms with Crippen LogP contribution in [-0.2, 0) is 10.8 Å². The molecule has 1 aliphatic heterocycles. The Kier molecular flexibility index (Phi) is 6.45. The molecule has 1 fully saturated rings. The van der Waals surface area contributed by atoms with Crippen LogP contribution in [0.3, 0.4) is 0 Å². The SMILES string of the molecule is CC1CN(C(=O)NCC(C)S(C)=O)CCN1CC(F)(F)F. The second-order valence-electron chi connectivity index (χ2n) is 5.38. The molecule has 1 aliphatic rings. The number of amides is 2. The van der Waals surface area contributed by atoms with Gasteiger partial charge in [-0.2, -0.15) is 13.2 Å². The van der Waals surface area contributed by atoms with Crippen LogP contribution in [0.2, 0.25) is 0 Å². The standard InChI is InChI=1S/C12H22F3N3O2S/c1-9-7-17(4-5-18(9)8-12(13,14)15)11(19)16-6-10(2)21(3)20/h9-10H,4-8H2,1-3H3,(H,16,19). The van der Waals surface area contributed by atoms with E-state index < -0.39 is 23.5 Å². The monoisotopic (exact) mass is 329 g/mol. The van der Waals surface area contributed by atoms with Gasteiger partial charge in [0, 0.05) is 54.5 Å². The van der Waals surface area contributed by atoms with Crippen molar-refractivity contribution >= 4 is 16.8 Å². The third kappa shape index (κ3) is 6.21. The largest absolute Gasteiger partial charge is 0.401 e. The van der Waals surface area contributed by atoms with Crippen LogP contribution in [0.5, 0.6) is 0 Å². The number of hydrogen-bond donors (Lipinski definition) is 1. The van der Waals surface area contributed by atoms with Crippen molar-refractivity contribution in [2.75, 3.05) is 39.0 Å². The van der Waals surface area contributed by atoms with E-state index >= 15 is 0 Å².